The van der Waals surface area contributed by atoms with Crippen LogP contribution in [-0.2, 0) is 16.1 Å². The van der Waals surface area contributed by atoms with Crippen molar-refractivity contribution in [3.05, 3.63) is 34.9 Å². The largest absolute Gasteiger partial charge is 0.313 e. The highest BCUT2D eigenvalue weighted by atomic mass is 16.2. The number of hydrogen-bond donors (Lipinski definition) is 3. The molecule has 0 bridgehead atoms. The summed E-state index contributed by atoms with van der Waals surface area (Å²) in [6.07, 6.45) is 1.54. The second-order valence-corrected chi connectivity index (χ2v) is 8.09. The molecular formula is C20H22N4O4. The average Bonchev–Trinajstić information content (AvgIpc) is 3.28. The molecule has 1 aliphatic carbocycles. The van der Waals surface area contributed by atoms with E-state index in [1.54, 1.807) is 12.1 Å². The normalized spacial score (nSPS) is 31.1. The summed E-state index contributed by atoms with van der Waals surface area (Å²) in [4.78, 5) is 50.4. The van der Waals surface area contributed by atoms with Crippen molar-refractivity contribution in [2.24, 2.45) is 11.8 Å². The highest BCUT2D eigenvalue weighted by Gasteiger charge is 2.48. The molecule has 1 aromatic rings. The third kappa shape index (κ3) is 2.75. The lowest BCUT2D eigenvalue weighted by molar-refractivity contribution is -0.136. The molecule has 2 saturated heterocycles. The summed E-state index contributed by atoms with van der Waals surface area (Å²) >= 11 is 0. The highest BCUT2D eigenvalue weighted by Crippen LogP contribution is 2.41. The van der Waals surface area contributed by atoms with E-state index in [4.69, 9.17) is 0 Å². The Morgan fingerprint density at radius 2 is 2.00 bits per heavy atom. The number of fused-ring (bicyclic) bond motifs is 2. The van der Waals surface area contributed by atoms with Crippen LogP contribution in [0.4, 0.5) is 0 Å². The molecule has 1 saturated carbocycles. The minimum Gasteiger partial charge on any atom is -0.313 e. The standard InChI is InChI=1S/C20H22N4O4/c25-16-5-4-15(18(26)23-16)24-19(27)12-3-1-2-10(17(12)20(24)28)7-21-8-11-9-22-14-6-13(11)14/h1-3,11,13-15,21-22H,4-9H2,(H,23,25,26). The molecule has 5 rings (SSSR count). The summed E-state index contributed by atoms with van der Waals surface area (Å²) < 4.78 is 0. The van der Waals surface area contributed by atoms with Gasteiger partial charge in [-0.3, -0.25) is 29.4 Å². The predicted octanol–water partition coefficient (Wildman–Crippen LogP) is -0.215. The molecule has 0 radical (unpaired) electrons. The van der Waals surface area contributed by atoms with Crippen molar-refractivity contribution in [3.8, 4) is 0 Å². The third-order valence-corrected chi connectivity index (χ3v) is 6.36. The predicted molar refractivity (Wildman–Crippen MR) is 98.2 cm³/mol. The van der Waals surface area contributed by atoms with Gasteiger partial charge in [0.2, 0.25) is 11.8 Å². The van der Waals surface area contributed by atoms with Crippen molar-refractivity contribution in [2.75, 3.05) is 13.1 Å². The average molecular weight is 382 g/mol. The minimum absolute atomic E-state index is 0.121. The first kappa shape index (κ1) is 17.5. The fraction of sp³-hybridized carbons (Fsp3) is 0.500. The van der Waals surface area contributed by atoms with Crippen LogP contribution in [0, 0.1) is 11.8 Å². The fourth-order valence-corrected chi connectivity index (χ4v) is 4.77. The molecule has 4 atom stereocenters. The lowest BCUT2D eigenvalue weighted by atomic mass is 10.0. The number of amides is 4. The van der Waals surface area contributed by atoms with Crippen LogP contribution >= 0.6 is 0 Å². The maximum atomic E-state index is 13.0. The molecule has 8 heteroatoms. The van der Waals surface area contributed by atoms with E-state index in [2.05, 4.69) is 16.0 Å². The molecule has 0 aromatic heterocycles. The molecule has 4 aliphatic rings. The SMILES string of the molecule is O=C1CCC(N2C(=O)c3cccc(CNCC4CNC5CC45)c3C2=O)C(=O)N1. The first-order valence-corrected chi connectivity index (χ1v) is 9.82. The summed E-state index contributed by atoms with van der Waals surface area (Å²) in [5.41, 5.74) is 1.47. The van der Waals surface area contributed by atoms with Gasteiger partial charge in [-0.1, -0.05) is 12.1 Å². The molecule has 146 valence electrons. The summed E-state index contributed by atoms with van der Waals surface area (Å²) in [5, 5.41) is 9.14. The van der Waals surface area contributed by atoms with Gasteiger partial charge in [-0.25, -0.2) is 0 Å². The van der Waals surface area contributed by atoms with Crippen molar-refractivity contribution in [3.63, 3.8) is 0 Å². The van der Waals surface area contributed by atoms with E-state index in [1.807, 2.05) is 6.07 Å². The maximum Gasteiger partial charge on any atom is 0.262 e. The van der Waals surface area contributed by atoms with Gasteiger partial charge in [-0.05, 0) is 49.4 Å². The van der Waals surface area contributed by atoms with E-state index in [0.717, 1.165) is 29.5 Å². The molecule has 1 aromatic carbocycles. The number of piperidine rings is 2. The molecule has 3 heterocycles. The molecule has 3 fully saturated rings. The van der Waals surface area contributed by atoms with Crippen LogP contribution in [0.15, 0.2) is 18.2 Å². The van der Waals surface area contributed by atoms with E-state index in [-0.39, 0.29) is 18.7 Å². The van der Waals surface area contributed by atoms with Crippen LogP contribution in [0.3, 0.4) is 0 Å². The van der Waals surface area contributed by atoms with Gasteiger partial charge >= 0.3 is 0 Å². The molecule has 4 unspecified atom stereocenters. The smallest absolute Gasteiger partial charge is 0.262 e. The Morgan fingerprint density at radius 1 is 1.14 bits per heavy atom. The second kappa shape index (κ2) is 6.49. The number of carbonyl (C=O) groups is 4. The lowest BCUT2D eigenvalue weighted by Gasteiger charge is -2.27. The molecule has 28 heavy (non-hydrogen) atoms. The van der Waals surface area contributed by atoms with Crippen LogP contribution in [0.2, 0.25) is 0 Å². The zero-order valence-corrected chi connectivity index (χ0v) is 15.4. The number of carbonyl (C=O) groups excluding carboxylic acids is 4. The van der Waals surface area contributed by atoms with Gasteiger partial charge in [-0.15, -0.1) is 0 Å². The van der Waals surface area contributed by atoms with Gasteiger partial charge in [0.05, 0.1) is 11.1 Å². The van der Waals surface area contributed by atoms with Crippen LogP contribution in [0.5, 0.6) is 0 Å². The topological polar surface area (TPSA) is 108 Å². The van der Waals surface area contributed by atoms with Crippen LogP contribution in [0.25, 0.3) is 0 Å². The number of hydrogen-bond acceptors (Lipinski definition) is 6. The van der Waals surface area contributed by atoms with Gasteiger partial charge < -0.3 is 10.6 Å². The number of nitrogens with zero attached hydrogens (tertiary/aromatic N) is 1. The molecule has 8 nitrogen and oxygen atoms in total. The van der Waals surface area contributed by atoms with Crippen LogP contribution in [0.1, 0.15) is 45.5 Å². The summed E-state index contributed by atoms with van der Waals surface area (Å²) in [6, 6.07) is 5.00. The Balaban J connectivity index is 1.32. The zero-order valence-electron chi connectivity index (χ0n) is 15.4. The molecule has 4 amide bonds. The summed E-state index contributed by atoms with van der Waals surface area (Å²) in [7, 11) is 0. The van der Waals surface area contributed by atoms with E-state index >= 15 is 0 Å². The Hall–Kier alpha value is -2.58. The quantitative estimate of drug-likeness (QED) is 0.608. The third-order valence-electron chi connectivity index (χ3n) is 6.36. The van der Waals surface area contributed by atoms with Crippen molar-refractivity contribution < 1.29 is 19.2 Å². The Kier molecular flexibility index (Phi) is 4.06. The van der Waals surface area contributed by atoms with Crippen LogP contribution in [-0.4, -0.2) is 53.7 Å². The number of rotatable bonds is 5. The van der Waals surface area contributed by atoms with Crippen molar-refractivity contribution in [1.29, 1.82) is 0 Å². The molecule has 0 spiro atoms. The minimum atomic E-state index is -0.928. The van der Waals surface area contributed by atoms with E-state index < -0.39 is 23.8 Å². The summed E-state index contributed by atoms with van der Waals surface area (Å²) in [5.74, 6) is -0.492. The van der Waals surface area contributed by atoms with Gasteiger partial charge in [0, 0.05) is 19.0 Å². The molecular weight excluding hydrogens is 360 g/mol. The van der Waals surface area contributed by atoms with Crippen molar-refractivity contribution >= 4 is 23.6 Å². The van der Waals surface area contributed by atoms with Crippen molar-refractivity contribution in [2.45, 2.75) is 37.9 Å². The highest BCUT2D eigenvalue weighted by molar-refractivity contribution is 6.24. The monoisotopic (exact) mass is 382 g/mol. The second-order valence-electron chi connectivity index (χ2n) is 8.09. The fourth-order valence-electron chi connectivity index (χ4n) is 4.77. The Morgan fingerprint density at radius 3 is 2.71 bits per heavy atom. The van der Waals surface area contributed by atoms with E-state index in [1.165, 1.54) is 6.42 Å². The van der Waals surface area contributed by atoms with E-state index in [9.17, 15) is 19.2 Å². The van der Waals surface area contributed by atoms with E-state index in [0.29, 0.717) is 29.6 Å². The summed E-state index contributed by atoms with van der Waals surface area (Å²) in [6.45, 7) is 2.39. The van der Waals surface area contributed by atoms with Crippen LogP contribution < -0.4 is 16.0 Å². The Labute approximate surface area is 162 Å². The van der Waals surface area contributed by atoms with Gasteiger partial charge in [0.15, 0.2) is 0 Å². The van der Waals surface area contributed by atoms with Gasteiger partial charge in [0.1, 0.15) is 6.04 Å². The zero-order chi connectivity index (χ0) is 19.4. The van der Waals surface area contributed by atoms with Gasteiger partial charge in [0.25, 0.3) is 11.8 Å². The molecule has 3 N–H and O–H groups in total. The lowest BCUT2D eigenvalue weighted by Crippen LogP contribution is -2.54. The number of benzene rings is 1. The van der Waals surface area contributed by atoms with Crippen molar-refractivity contribution in [1.82, 2.24) is 20.9 Å². The maximum absolute atomic E-state index is 13.0. The number of imide groups is 2. The first-order valence-electron chi connectivity index (χ1n) is 9.82. The van der Waals surface area contributed by atoms with Gasteiger partial charge in [-0.2, -0.15) is 0 Å². The Bertz CT molecular complexity index is 898. The number of nitrogens with one attached hydrogen (secondary N) is 3. The molecule has 3 aliphatic heterocycles. The first-order chi connectivity index (χ1) is 13.5.